The molecule has 2 unspecified atom stereocenters. The zero-order valence-electron chi connectivity index (χ0n) is 18.7. The van der Waals surface area contributed by atoms with E-state index in [9.17, 15) is 9.59 Å². The fourth-order valence-electron chi connectivity index (χ4n) is 5.19. The molecule has 3 heterocycles. The SMILES string of the molecule is O=C1NCCCC1CN1CCCC1Cn1nc(Cc2ccc(Cl)cc2)c2ccccc2c1=O. The summed E-state index contributed by atoms with van der Waals surface area (Å²) >= 11 is 6.05. The van der Waals surface area contributed by atoms with Crippen LogP contribution in [0, 0.1) is 5.92 Å². The van der Waals surface area contributed by atoms with Crippen LogP contribution in [0.5, 0.6) is 0 Å². The number of nitrogens with zero attached hydrogens (tertiary/aromatic N) is 3. The Hall–Kier alpha value is -2.70. The maximum atomic E-state index is 13.3. The van der Waals surface area contributed by atoms with Gasteiger partial charge in [0.1, 0.15) is 0 Å². The first-order valence-electron chi connectivity index (χ1n) is 11.8. The lowest BCUT2D eigenvalue weighted by molar-refractivity contribution is -0.127. The molecule has 1 N–H and O–H groups in total. The summed E-state index contributed by atoms with van der Waals surface area (Å²) in [5, 5.41) is 10.1. The van der Waals surface area contributed by atoms with Gasteiger partial charge in [-0.1, -0.05) is 41.9 Å². The molecule has 0 spiro atoms. The predicted molar refractivity (Wildman–Crippen MR) is 131 cm³/mol. The van der Waals surface area contributed by atoms with Crippen molar-refractivity contribution >= 4 is 28.3 Å². The Morgan fingerprint density at radius 2 is 1.76 bits per heavy atom. The van der Waals surface area contributed by atoms with E-state index in [0.29, 0.717) is 23.4 Å². The molecule has 1 amide bonds. The van der Waals surface area contributed by atoms with Crippen LogP contribution in [0.15, 0.2) is 53.3 Å². The van der Waals surface area contributed by atoms with E-state index in [2.05, 4.69) is 10.2 Å². The van der Waals surface area contributed by atoms with Crippen molar-refractivity contribution in [1.82, 2.24) is 20.0 Å². The highest BCUT2D eigenvalue weighted by Gasteiger charge is 2.31. The second kappa shape index (κ2) is 9.65. The second-order valence-electron chi connectivity index (χ2n) is 9.20. The van der Waals surface area contributed by atoms with Gasteiger partial charge in [-0.05, 0) is 56.0 Å². The van der Waals surface area contributed by atoms with Crippen LogP contribution < -0.4 is 10.9 Å². The number of amides is 1. The molecule has 172 valence electrons. The molecule has 5 rings (SSSR count). The smallest absolute Gasteiger partial charge is 0.274 e. The van der Waals surface area contributed by atoms with Gasteiger partial charge in [0.05, 0.1) is 23.5 Å². The van der Waals surface area contributed by atoms with Gasteiger partial charge in [0.15, 0.2) is 0 Å². The van der Waals surface area contributed by atoms with E-state index in [0.717, 1.165) is 62.0 Å². The van der Waals surface area contributed by atoms with E-state index in [1.807, 2.05) is 48.5 Å². The summed E-state index contributed by atoms with van der Waals surface area (Å²) in [6, 6.07) is 15.7. The summed E-state index contributed by atoms with van der Waals surface area (Å²) in [7, 11) is 0. The molecule has 2 aliphatic rings. The van der Waals surface area contributed by atoms with Crippen molar-refractivity contribution in [2.45, 2.75) is 44.7 Å². The molecule has 2 aromatic carbocycles. The molecule has 0 bridgehead atoms. The molecular formula is C26H29ClN4O2. The molecule has 2 atom stereocenters. The molecule has 0 radical (unpaired) electrons. The average molecular weight is 465 g/mol. The Morgan fingerprint density at radius 1 is 0.970 bits per heavy atom. The van der Waals surface area contributed by atoms with Crippen molar-refractivity contribution in [2.75, 3.05) is 19.6 Å². The summed E-state index contributed by atoms with van der Waals surface area (Å²) in [4.78, 5) is 28.0. The van der Waals surface area contributed by atoms with Gasteiger partial charge in [-0.25, -0.2) is 4.68 Å². The maximum Gasteiger partial charge on any atom is 0.274 e. The van der Waals surface area contributed by atoms with Gasteiger partial charge in [-0.15, -0.1) is 0 Å². The second-order valence-corrected chi connectivity index (χ2v) is 9.64. The molecule has 0 saturated carbocycles. The quantitative estimate of drug-likeness (QED) is 0.605. The van der Waals surface area contributed by atoms with Crippen LogP contribution in [0.4, 0.5) is 0 Å². The molecule has 0 aliphatic carbocycles. The minimum atomic E-state index is -0.0484. The highest BCUT2D eigenvalue weighted by molar-refractivity contribution is 6.30. The van der Waals surface area contributed by atoms with Crippen molar-refractivity contribution in [3.63, 3.8) is 0 Å². The Balaban J connectivity index is 1.42. The van der Waals surface area contributed by atoms with Crippen molar-refractivity contribution in [1.29, 1.82) is 0 Å². The Morgan fingerprint density at radius 3 is 2.55 bits per heavy atom. The van der Waals surface area contributed by atoms with Crippen molar-refractivity contribution in [3.05, 3.63) is 75.2 Å². The molecule has 1 aromatic heterocycles. The van der Waals surface area contributed by atoms with Gasteiger partial charge in [-0.2, -0.15) is 5.10 Å². The minimum absolute atomic E-state index is 0.0427. The van der Waals surface area contributed by atoms with E-state index in [1.165, 1.54) is 0 Å². The highest BCUT2D eigenvalue weighted by atomic mass is 35.5. The van der Waals surface area contributed by atoms with Gasteiger partial charge in [-0.3, -0.25) is 14.5 Å². The highest BCUT2D eigenvalue weighted by Crippen LogP contribution is 2.24. The summed E-state index contributed by atoms with van der Waals surface area (Å²) in [6.45, 7) is 3.06. The van der Waals surface area contributed by atoms with Crippen LogP contribution in [0.2, 0.25) is 5.02 Å². The number of hydrogen-bond acceptors (Lipinski definition) is 4. The summed E-state index contributed by atoms with van der Waals surface area (Å²) < 4.78 is 1.65. The van der Waals surface area contributed by atoms with Crippen LogP contribution >= 0.6 is 11.6 Å². The van der Waals surface area contributed by atoms with E-state index < -0.39 is 0 Å². The van der Waals surface area contributed by atoms with E-state index >= 15 is 0 Å². The third-order valence-corrected chi connectivity index (χ3v) is 7.22. The molecule has 2 fully saturated rings. The summed E-state index contributed by atoms with van der Waals surface area (Å²) in [5.41, 5.74) is 1.95. The summed E-state index contributed by atoms with van der Waals surface area (Å²) in [6.07, 6.45) is 4.71. The number of hydrogen-bond donors (Lipinski definition) is 1. The topological polar surface area (TPSA) is 67.2 Å². The van der Waals surface area contributed by atoms with Gasteiger partial charge in [0.25, 0.3) is 5.56 Å². The number of carbonyl (C=O) groups is 1. The van der Waals surface area contributed by atoms with Gasteiger partial charge in [0, 0.05) is 36.0 Å². The summed E-state index contributed by atoms with van der Waals surface area (Å²) in [5.74, 6) is 0.208. The van der Waals surface area contributed by atoms with Gasteiger partial charge < -0.3 is 5.32 Å². The van der Waals surface area contributed by atoms with Crippen LogP contribution in [-0.4, -0.2) is 46.3 Å². The molecule has 7 heteroatoms. The molecule has 6 nitrogen and oxygen atoms in total. The number of fused-ring (bicyclic) bond motifs is 1. The number of nitrogens with one attached hydrogen (secondary N) is 1. The Labute approximate surface area is 198 Å². The monoisotopic (exact) mass is 464 g/mol. The third kappa shape index (κ3) is 4.82. The Bertz CT molecular complexity index is 1210. The minimum Gasteiger partial charge on any atom is -0.356 e. The first-order chi connectivity index (χ1) is 16.1. The zero-order chi connectivity index (χ0) is 22.8. The van der Waals surface area contributed by atoms with E-state index in [4.69, 9.17) is 16.7 Å². The number of benzene rings is 2. The standard InChI is InChI=1S/C26H29ClN4O2/c27-20-11-9-18(10-12-20)15-24-22-7-1-2-8-23(22)26(33)31(29-24)17-21-6-4-14-30(21)16-19-5-3-13-28-25(19)32/h1-2,7-12,19,21H,3-6,13-17H2,(H,28,32). The van der Waals surface area contributed by atoms with Crippen molar-refractivity contribution < 1.29 is 4.79 Å². The van der Waals surface area contributed by atoms with Crippen LogP contribution in [0.3, 0.4) is 0 Å². The number of likely N-dealkylation sites (tertiary alicyclic amines) is 1. The predicted octanol–water partition coefficient (Wildman–Crippen LogP) is 3.63. The number of piperidine rings is 1. The van der Waals surface area contributed by atoms with E-state index in [-0.39, 0.29) is 23.4 Å². The molecular weight excluding hydrogens is 436 g/mol. The van der Waals surface area contributed by atoms with Crippen LogP contribution in [0.25, 0.3) is 10.8 Å². The number of carbonyl (C=O) groups excluding carboxylic acids is 1. The van der Waals surface area contributed by atoms with Crippen molar-refractivity contribution in [3.8, 4) is 0 Å². The van der Waals surface area contributed by atoms with E-state index in [1.54, 1.807) is 4.68 Å². The van der Waals surface area contributed by atoms with Gasteiger partial charge >= 0.3 is 0 Å². The van der Waals surface area contributed by atoms with Crippen LogP contribution in [0.1, 0.15) is 36.9 Å². The first kappa shape index (κ1) is 22.1. The molecule has 2 saturated heterocycles. The maximum absolute atomic E-state index is 13.3. The zero-order valence-corrected chi connectivity index (χ0v) is 19.4. The lowest BCUT2D eigenvalue weighted by atomic mass is 9.98. The molecule has 3 aromatic rings. The normalized spacial score (nSPS) is 21.4. The largest absolute Gasteiger partial charge is 0.356 e. The molecule has 33 heavy (non-hydrogen) atoms. The number of aromatic nitrogens is 2. The fourth-order valence-corrected chi connectivity index (χ4v) is 5.32. The third-order valence-electron chi connectivity index (χ3n) is 6.97. The average Bonchev–Trinajstić information content (AvgIpc) is 3.26. The fraction of sp³-hybridized carbons (Fsp3) is 0.423. The number of halogens is 1. The number of rotatable bonds is 6. The van der Waals surface area contributed by atoms with Crippen molar-refractivity contribution in [2.24, 2.45) is 5.92 Å². The Kier molecular flexibility index (Phi) is 6.47. The molecule has 2 aliphatic heterocycles. The lowest BCUT2D eigenvalue weighted by Gasteiger charge is -2.30. The van der Waals surface area contributed by atoms with Gasteiger partial charge in [0.2, 0.25) is 5.91 Å². The van der Waals surface area contributed by atoms with Crippen LogP contribution in [-0.2, 0) is 17.8 Å². The lowest BCUT2D eigenvalue weighted by Crippen LogP contribution is -2.45. The first-order valence-corrected chi connectivity index (χ1v) is 12.2.